The third-order valence-electron chi connectivity index (χ3n) is 12.7. The highest BCUT2D eigenvalue weighted by Crippen LogP contribution is 2.35. The van der Waals surface area contributed by atoms with Crippen LogP contribution in [0.4, 0.5) is 0 Å². The highest BCUT2D eigenvalue weighted by Gasteiger charge is 2.33. The SMILES string of the molecule is CCOc1ccc(-c2noc(C3CCN(C(=O)CN4Cc5ccccc5C4=O)CC3)n2)cc1OC.CCOc1ccc(-c2noc(C3CCNCC3)n2)cc1OC.O=C(O)CN1Cc2ccccc2C1=O. The number of ether oxygens (including phenoxy) is 4. The molecule has 0 radical (unpaired) electrons. The van der Waals surface area contributed by atoms with Gasteiger partial charge in [0.2, 0.25) is 29.3 Å². The summed E-state index contributed by atoms with van der Waals surface area (Å²) in [5.74, 6) is 4.22. The summed E-state index contributed by atoms with van der Waals surface area (Å²) >= 11 is 0. The predicted octanol–water partition coefficient (Wildman–Crippen LogP) is 6.84. The van der Waals surface area contributed by atoms with Crippen LogP contribution in [0.25, 0.3) is 22.8 Å². The van der Waals surface area contributed by atoms with Gasteiger partial charge in [-0.1, -0.05) is 46.7 Å². The molecule has 0 bridgehead atoms. The molecule has 0 aliphatic carbocycles. The number of benzene rings is 4. The van der Waals surface area contributed by atoms with Gasteiger partial charge >= 0.3 is 5.97 Å². The van der Waals surface area contributed by atoms with Crippen molar-refractivity contribution in [3.05, 3.63) is 119 Å². The molecular formula is C52H58N8O11. The number of methoxy groups -OCH3 is 2. The Morgan fingerprint density at radius 3 is 1.56 bits per heavy atom. The molecule has 372 valence electrons. The van der Waals surface area contributed by atoms with Crippen molar-refractivity contribution >= 4 is 23.7 Å². The number of nitrogens with zero attached hydrogens (tertiary/aromatic N) is 7. The number of rotatable bonds is 14. The molecule has 3 amide bonds. The molecule has 10 rings (SSSR count). The number of fused-ring (bicyclic) bond motifs is 2. The van der Waals surface area contributed by atoms with Crippen molar-refractivity contribution < 1.29 is 52.3 Å². The van der Waals surface area contributed by atoms with Crippen molar-refractivity contribution in [3.8, 4) is 45.8 Å². The van der Waals surface area contributed by atoms with Gasteiger partial charge in [0.05, 0.1) is 27.4 Å². The summed E-state index contributed by atoms with van der Waals surface area (Å²) in [5.41, 5.74) is 4.83. The summed E-state index contributed by atoms with van der Waals surface area (Å²) in [5, 5.41) is 20.2. The lowest BCUT2D eigenvalue weighted by molar-refractivity contribution is -0.137. The number of carbonyl (C=O) groups is 4. The Labute approximate surface area is 411 Å². The molecule has 4 aliphatic heterocycles. The Hall–Kier alpha value is -7.80. The monoisotopic (exact) mass is 970 g/mol. The van der Waals surface area contributed by atoms with E-state index in [0.717, 1.165) is 72.7 Å². The van der Waals surface area contributed by atoms with Crippen LogP contribution in [-0.2, 0) is 22.7 Å². The molecule has 4 aliphatic rings. The highest BCUT2D eigenvalue weighted by atomic mass is 16.5. The number of carbonyl (C=O) groups excluding carboxylic acids is 3. The van der Waals surface area contributed by atoms with Gasteiger partial charge in [0.25, 0.3) is 11.8 Å². The van der Waals surface area contributed by atoms with Crippen LogP contribution in [0.1, 0.15) is 95.0 Å². The number of likely N-dealkylation sites (tertiary alicyclic amines) is 1. The third-order valence-corrected chi connectivity index (χ3v) is 12.7. The lowest BCUT2D eigenvalue weighted by Gasteiger charge is -2.31. The minimum atomic E-state index is -0.980. The third kappa shape index (κ3) is 11.8. The van der Waals surface area contributed by atoms with Crippen LogP contribution in [0.15, 0.2) is 94.0 Å². The molecule has 19 heteroatoms. The van der Waals surface area contributed by atoms with E-state index in [1.165, 1.54) is 4.90 Å². The van der Waals surface area contributed by atoms with E-state index < -0.39 is 5.97 Å². The number of hydrogen-bond acceptors (Lipinski definition) is 15. The normalized spacial score (nSPS) is 15.5. The minimum Gasteiger partial charge on any atom is -0.493 e. The maximum atomic E-state index is 12.9. The molecule has 2 aromatic heterocycles. The van der Waals surface area contributed by atoms with Crippen LogP contribution in [-0.4, -0.2) is 130 Å². The average molecular weight is 971 g/mol. The molecule has 6 aromatic rings. The molecule has 2 N–H and O–H groups in total. The molecule has 0 atom stereocenters. The number of hydrogen-bond donors (Lipinski definition) is 2. The largest absolute Gasteiger partial charge is 0.493 e. The first kappa shape index (κ1) is 49.6. The van der Waals surface area contributed by atoms with Gasteiger partial charge in [0.1, 0.15) is 13.1 Å². The maximum absolute atomic E-state index is 12.9. The summed E-state index contributed by atoms with van der Waals surface area (Å²) in [6.07, 6.45) is 3.53. The van der Waals surface area contributed by atoms with Gasteiger partial charge in [-0.15, -0.1) is 0 Å². The Balaban J connectivity index is 0.000000159. The first-order valence-corrected chi connectivity index (χ1v) is 23.8. The fraction of sp³-hybridized carbons (Fsp3) is 0.385. The number of amides is 3. The van der Waals surface area contributed by atoms with Gasteiger partial charge in [-0.2, -0.15) is 9.97 Å². The van der Waals surface area contributed by atoms with Crippen molar-refractivity contribution in [2.75, 3.05) is 66.7 Å². The van der Waals surface area contributed by atoms with Gasteiger partial charge in [-0.3, -0.25) is 19.2 Å². The number of aliphatic carboxylic acids is 1. The number of aromatic nitrogens is 4. The van der Waals surface area contributed by atoms with Gasteiger partial charge in [-0.25, -0.2) is 0 Å². The zero-order valence-corrected chi connectivity index (χ0v) is 40.3. The molecule has 6 heterocycles. The molecule has 71 heavy (non-hydrogen) atoms. The lowest BCUT2D eigenvalue weighted by Crippen LogP contribution is -2.44. The predicted molar refractivity (Wildman–Crippen MR) is 258 cm³/mol. The average Bonchev–Trinajstić information content (AvgIpc) is 4.22. The van der Waals surface area contributed by atoms with E-state index in [4.69, 9.17) is 33.1 Å². The van der Waals surface area contributed by atoms with E-state index in [2.05, 4.69) is 25.6 Å². The van der Waals surface area contributed by atoms with Crippen LogP contribution in [0.3, 0.4) is 0 Å². The molecule has 2 fully saturated rings. The van der Waals surface area contributed by atoms with Gasteiger partial charge in [0.15, 0.2) is 23.0 Å². The summed E-state index contributed by atoms with van der Waals surface area (Å²) in [4.78, 5) is 61.4. The van der Waals surface area contributed by atoms with Crippen LogP contribution in [0.5, 0.6) is 23.0 Å². The van der Waals surface area contributed by atoms with Crippen molar-refractivity contribution in [1.29, 1.82) is 0 Å². The molecule has 2 saturated heterocycles. The Bertz CT molecular complexity index is 2820. The molecule has 0 spiro atoms. The van der Waals surface area contributed by atoms with Crippen molar-refractivity contribution in [1.82, 2.24) is 40.3 Å². The molecule has 4 aromatic carbocycles. The first-order chi connectivity index (χ1) is 34.6. The van der Waals surface area contributed by atoms with Crippen molar-refractivity contribution in [2.45, 2.75) is 64.5 Å². The van der Waals surface area contributed by atoms with E-state index in [9.17, 15) is 19.2 Å². The summed E-state index contributed by atoms with van der Waals surface area (Å²) in [6, 6.07) is 25.9. The van der Waals surface area contributed by atoms with E-state index in [0.29, 0.717) is 91.2 Å². The summed E-state index contributed by atoms with van der Waals surface area (Å²) < 4.78 is 32.9. The Kier molecular flexibility index (Phi) is 16.2. The molecule has 19 nitrogen and oxygen atoms in total. The summed E-state index contributed by atoms with van der Waals surface area (Å²) in [7, 11) is 3.22. The fourth-order valence-corrected chi connectivity index (χ4v) is 8.96. The van der Waals surface area contributed by atoms with Gasteiger partial charge in [-0.05, 0) is 112 Å². The standard InChI is InChI=1S/C26H28N4O5.C16H21N3O3.C10H9NO3/c1-3-34-21-9-8-18(14-22(21)33-2)24-27-25(35-28-24)17-10-12-29(13-11-17)23(31)16-30-15-19-6-4-5-7-20(19)26(30)32;1-3-21-13-5-4-12(10-14(13)20-2)15-18-16(22-19-15)11-6-8-17-9-7-11;12-9(13)6-11-5-7-3-1-2-4-8(7)10(11)14/h4-9,14,17H,3,10-13,15-16H2,1-2H3;4-5,10-11,17H,3,6-9H2,1-2H3;1-4H,5-6H2,(H,12,13). The van der Waals surface area contributed by atoms with Crippen LogP contribution in [0.2, 0.25) is 0 Å². The second kappa shape index (κ2) is 23.2. The van der Waals surface area contributed by atoms with E-state index >= 15 is 0 Å². The van der Waals surface area contributed by atoms with Gasteiger partial charge < -0.3 is 53.1 Å². The van der Waals surface area contributed by atoms with Crippen LogP contribution < -0.4 is 24.3 Å². The second-order valence-electron chi connectivity index (χ2n) is 17.2. The quantitative estimate of drug-likeness (QED) is 0.114. The Morgan fingerprint density at radius 1 is 0.648 bits per heavy atom. The molecule has 0 saturated carbocycles. The van der Waals surface area contributed by atoms with Crippen LogP contribution in [0, 0.1) is 0 Å². The van der Waals surface area contributed by atoms with Crippen molar-refractivity contribution in [2.24, 2.45) is 0 Å². The smallest absolute Gasteiger partial charge is 0.323 e. The number of piperidine rings is 2. The maximum Gasteiger partial charge on any atom is 0.323 e. The topological polar surface area (TPSA) is 225 Å². The van der Waals surface area contributed by atoms with Gasteiger partial charge in [0, 0.05) is 60.3 Å². The minimum absolute atomic E-state index is 0.0303. The Morgan fingerprint density at radius 2 is 1.11 bits per heavy atom. The lowest BCUT2D eigenvalue weighted by atomic mass is 9.96. The zero-order chi connectivity index (χ0) is 49.9. The molecular weight excluding hydrogens is 913 g/mol. The van der Waals surface area contributed by atoms with Crippen LogP contribution >= 0.6 is 0 Å². The number of carboxylic acid groups (broad SMARTS) is 1. The number of nitrogens with one attached hydrogen (secondary N) is 1. The van der Waals surface area contributed by atoms with E-state index in [-0.39, 0.29) is 36.7 Å². The fourth-order valence-electron chi connectivity index (χ4n) is 8.96. The zero-order valence-electron chi connectivity index (χ0n) is 40.3. The second-order valence-corrected chi connectivity index (χ2v) is 17.2. The highest BCUT2D eigenvalue weighted by molar-refractivity contribution is 6.00. The summed E-state index contributed by atoms with van der Waals surface area (Å²) in [6.45, 7) is 8.94. The van der Waals surface area contributed by atoms with Crippen molar-refractivity contribution in [3.63, 3.8) is 0 Å². The first-order valence-electron chi connectivity index (χ1n) is 23.8. The van der Waals surface area contributed by atoms with E-state index in [1.807, 2.05) is 91.5 Å². The number of carboxylic acids is 1. The van der Waals surface area contributed by atoms with E-state index in [1.54, 1.807) is 31.3 Å². The molecule has 0 unspecified atom stereocenters.